The van der Waals surface area contributed by atoms with Crippen molar-refractivity contribution in [3.8, 4) is 0 Å². The van der Waals surface area contributed by atoms with Crippen LogP contribution in [0.2, 0.25) is 5.02 Å². The maximum Gasteiger partial charge on any atom is 0.357 e. The molecule has 0 aliphatic carbocycles. The Morgan fingerprint density at radius 2 is 2.16 bits per heavy atom. The van der Waals surface area contributed by atoms with Crippen LogP contribution in [0.15, 0.2) is 42.6 Å². The molecule has 6 heteroatoms. The van der Waals surface area contributed by atoms with E-state index in [4.69, 9.17) is 11.6 Å². The van der Waals surface area contributed by atoms with Gasteiger partial charge in [-0.15, -0.1) is 0 Å². The number of nitrogens with one attached hydrogen (secondary N) is 2. The van der Waals surface area contributed by atoms with E-state index in [-0.39, 0.29) is 5.69 Å². The third-order valence-corrected chi connectivity index (χ3v) is 2.87. The summed E-state index contributed by atoms with van der Waals surface area (Å²) in [5.41, 5.74) is 1.12. The highest BCUT2D eigenvalue weighted by molar-refractivity contribution is 6.30. The third-order valence-electron chi connectivity index (χ3n) is 2.64. The molecule has 0 saturated heterocycles. The number of hydrogen-bond donors (Lipinski definition) is 1. The minimum absolute atomic E-state index is 0.0357. The molecule has 1 heterocycles. The zero-order valence-corrected chi connectivity index (χ0v) is 10.9. The van der Waals surface area contributed by atoms with Crippen LogP contribution in [0, 0.1) is 10.1 Å². The predicted molar refractivity (Wildman–Crippen MR) is 73.3 cm³/mol. The number of anilines is 1. The van der Waals surface area contributed by atoms with Gasteiger partial charge in [-0.25, -0.2) is 4.98 Å². The number of nitro groups is 1. The molecule has 0 fully saturated rings. The molecular formula is C13H13ClN3O2+. The van der Waals surface area contributed by atoms with E-state index in [9.17, 15) is 10.1 Å². The highest BCUT2D eigenvalue weighted by Gasteiger charge is 2.18. The molecule has 19 heavy (non-hydrogen) atoms. The maximum atomic E-state index is 10.8. The molecule has 0 bridgehead atoms. The Hall–Kier alpha value is -2.14. The highest BCUT2D eigenvalue weighted by Crippen LogP contribution is 2.17. The van der Waals surface area contributed by atoms with E-state index in [1.54, 1.807) is 12.3 Å². The highest BCUT2D eigenvalue weighted by atomic mass is 35.5. The first-order chi connectivity index (χ1) is 9.16. The monoisotopic (exact) mass is 278 g/mol. The lowest BCUT2D eigenvalue weighted by Crippen LogP contribution is -2.16. The fraction of sp³-hybridized carbons (Fsp3) is 0.154. The summed E-state index contributed by atoms with van der Waals surface area (Å²) in [5, 5.41) is 14.5. The van der Waals surface area contributed by atoms with E-state index in [1.165, 1.54) is 6.07 Å². The average molecular weight is 279 g/mol. The number of rotatable bonds is 5. The smallest absolute Gasteiger partial charge is 0.268 e. The summed E-state index contributed by atoms with van der Waals surface area (Å²) in [6.45, 7) is 0.585. The molecule has 0 amide bonds. The summed E-state index contributed by atoms with van der Waals surface area (Å²) in [6.07, 6.45) is 2.38. The van der Waals surface area contributed by atoms with Gasteiger partial charge in [0.2, 0.25) is 0 Å². The number of pyridine rings is 1. The van der Waals surface area contributed by atoms with Crippen LogP contribution in [0.25, 0.3) is 0 Å². The summed E-state index contributed by atoms with van der Waals surface area (Å²) in [6, 6.07) is 10.6. The van der Waals surface area contributed by atoms with Crippen molar-refractivity contribution in [3.63, 3.8) is 0 Å². The topological polar surface area (TPSA) is 69.3 Å². The van der Waals surface area contributed by atoms with Gasteiger partial charge in [-0.3, -0.25) is 15.4 Å². The summed E-state index contributed by atoms with van der Waals surface area (Å²) < 4.78 is 0. The number of hydrogen-bond acceptors (Lipinski definition) is 3. The minimum atomic E-state index is -0.418. The van der Waals surface area contributed by atoms with Gasteiger partial charge in [0.15, 0.2) is 0 Å². The Balaban J connectivity index is 1.98. The van der Waals surface area contributed by atoms with E-state index in [0.29, 0.717) is 17.4 Å². The van der Waals surface area contributed by atoms with Crippen LogP contribution in [0.5, 0.6) is 0 Å². The van der Waals surface area contributed by atoms with Crippen LogP contribution >= 0.6 is 11.6 Å². The van der Waals surface area contributed by atoms with Gasteiger partial charge in [0.25, 0.3) is 0 Å². The van der Waals surface area contributed by atoms with Gasteiger partial charge >= 0.3 is 11.5 Å². The second-order valence-corrected chi connectivity index (χ2v) is 4.43. The second kappa shape index (κ2) is 6.15. The number of aromatic nitrogens is 1. The van der Waals surface area contributed by atoms with Crippen molar-refractivity contribution >= 4 is 23.1 Å². The first-order valence-corrected chi connectivity index (χ1v) is 6.18. The summed E-state index contributed by atoms with van der Waals surface area (Å²) in [4.78, 5) is 13.2. The second-order valence-electron chi connectivity index (χ2n) is 3.99. The van der Waals surface area contributed by atoms with Crippen LogP contribution in [0.3, 0.4) is 0 Å². The number of H-pyrrole nitrogens is 1. The fourth-order valence-electron chi connectivity index (χ4n) is 1.75. The number of aromatic amines is 1. The molecule has 2 rings (SSSR count). The molecule has 0 aliphatic rings. The van der Waals surface area contributed by atoms with Gasteiger partial charge in [-0.2, -0.15) is 0 Å². The maximum absolute atomic E-state index is 10.8. The Kier molecular flexibility index (Phi) is 4.30. The van der Waals surface area contributed by atoms with E-state index in [2.05, 4.69) is 10.3 Å². The zero-order valence-electron chi connectivity index (χ0n) is 10.1. The normalized spacial score (nSPS) is 10.2. The minimum Gasteiger partial charge on any atom is -0.268 e. The molecule has 5 nitrogen and oxygen atoms in total. The predicted octanol–water partition coefficient (Wildman–Crippen LogP) is 2.72. The standard InChI is InChI=1S/C13H12ClN3O2/c14-11-4-1-3-10(9-11)6-8-16-13-12(17(18)19)5-2-7-15-13/h1-5,7,9H,6,8H2,(H,15,16)/p+1. The molecule has 0 unspecified atom stereocenters. The van der Waals surface area contributed by atoms with Crippen molar-refractivity contribution in [2.45, 2.75) is 6.42 Å². The van der Waals surface area contributed by atoms with Crippen molar-refractivity contribution in [1.82, 2.24) is 0 Å². The van der Waals surface area contributed by atoms with Crippen molar-refractivity contribution in [2.75, 3.05) is 11.9 Å². The Morgan fingerprint density at radius 1 is 1.32 bits per heavy atom. The van der Waals surface area contributed by atoms with Crippen LogP contribution in [0.1, 0.15) is 5.56 Å². The van der Waals surface area contributed by atoms with Gasteiger partial charge in [-0.05, 0) is 23.8 Å². The first-order valence-electron chi connectivity index (χ1n) is 5.80. The number of benzene rings is 1. The van der Waals surface area contributed by atoms with Gasteiger partial charge in [0.05, 0.1) is 17.7 Å². The van der Waals surface area contributed by atoms with Crippen molar-refractivity contribution < 1.29 is 9.91 Å². The van der Waals surface area contributed by atoms with Gasteiger partial charge in [-0.1, -0.05) is 23.7 Å². The van der Waals surface area contributed by atoms with Crippen LogP contribution in [-0.4, -0.2) is 11.5 Å². The van der Waals surface area contributed by atoms with Crippen LogP contribution in [0.4, 0.5) is 11.5 Å². The quantitative estimate of drug-likeness (QED) is 0.675. The van der Waals surface area contributed by atoms with Gasteiger partial charge in [0.1, 0.15) is 0 Å². The molecule has 2 aromatic rings. The van der Waals surface area contributed by atoms with Crippen molar-refractivity contribution in [2.24, 2.45) is 0 Å². The lowest BCUT2D eigenvalue weighted by Gasteiger charge is -2.01. The Labute approximate surface area is 115 Å². The molecule has 2 N–H and O–H groups in total. The van der Waals surface area contributed by atoms with E-state index >= 15 is 0 Å². The summed E-state index contributed by atoms with van der Waals surface area (Å²) >= 11 is 5.89. The average Bonchev–Trinajstić information content (AvgIpc) is 2.39. The number of nitrogens with zero attached hydrogens (tertiary/aromatic N) is 1. The Morgan fingerprint density at radius 3 is 2.89 bits per heavy atom. The largest absolute Gasteiger partial charge is 0.357 e. The molecule has 0 aliphatic heterocycles. The summed E-state index contributed by atoms with van der Waals surface area (Å²) in [5.74, 6) is 0.412. The molecule has 1 aromatic heterocycles. The number of halogens is 1. The van der Waals surface area contributed by atoms with E-state index in [0.717, 1.165) is 12.0 Å². The molecule has 98 valence electrons. The fourth-order valence-corrected chi connectivity index (χ4v) is 1.96. The van der Waals surface area contributed by atoms with Crippen LogP contribution in [-0.2, 0) is 6.42 Å². The molecule has 0 saturated carbocycles. The summed E-state index contributed by atoms with van der Waals surface area (Å²) in [7, 11) is 0. The molecule has 0 atom stereocenters. The molecule has 0 spiro atoms. The third kappa shape index (κ3) is 3.66. The van der Waals surface area contributed by atoms with Crippen LogP contribution < -0.4 is 10.3 Å². The van der Waals surface area contributed by atoms with Crippen molar-refractivity contribution in [1.29, 1.82) is 0 Å². The first kappa shape index (κ1) is 13.3. The molecule has 0 radical (unpaired) electrons. The molecule has 1 aromatic carbocycles. The zero-order chi connectivity index (χ0) is 13.7. The van der Waals surface area contributed by atoms with Gasteiger partial charge < -0.3 is 0 Å². The lowest BCUT2D eigenvalue weighted by atomic mass is 10.1. The van der Waals surface area contributed by atoms with E-state index in [1.807, 2.05) is 24.3 Å². The lowest BCUT2D eigenvalue weighted by molar-refractivity contribution is -0.409. The Bertz CT molecular complexity index is 590. The SMILES string of the molecule is O=[N+]([O-])c1ccc[nH+]c1NCCc1cccc(Cl)c1. The van der Waals surface area contributed by atoms with Gasteiger partial charge in [0, 0.05) is 17.5 Å². The van der Waals surface area contributed by atoms with Crippen molar-refractivity contribution in [3.05, 3.63) is 63.3 Å². The van der Waals surface area contributed by atoms with E-state index < -0.39 is 4.92 Å². The molecular weight excluding hydrogens is 266 g/mol.